The number of carboxylic acid groups (broad SMARTS) is 1. The van der Waals surface area contributed by atoms with Gasteiger partial charge in [-0.1, -0.05) is 27.7 Å². The van der Waals surface area contributed by atoms with Gasteiger partial charge in [0.2, 0.25) is 0 Å². The van der Waals surface area contributed by atoms with E-state index in [0.29, 0.717) is 13.0 Å². The van der Waals surface area contributed by atoms with Gasteiger partial charge < -0.3 is 10.0 Å². The molecule has 0 saturated carbocycles. The Kier molecular flexibility index (Phi) is 3.05. The van der Waals surface area contributed by atoms with Crippen LogP contribution in [0, 0.1) is 11.3 Å². The quantitative estimate of drug-likeness (QED) is 0.691. The predicted octanol–water partition coefficient (Wildman–Crippen LogP) is 2.38. The highest BCUT2D eigenvalue weighted by Gasteiger charge is 2.53. The summed E-state index contributed by atoms with van der Waals surface area (Å²) in [5.41, 5.74) is -0.894. The van der Waals surface area contributed by atoms with Crippen LogP contribution in [0.15, 0.2) is 0 Å². The van der Waals surface area contributed by atoms with Gasteiger partial charge in [-0.05, 0) is 12.3 Å². The second kappa shape index (κ2) is 3.75. The average Bonchev–Trinajstić information content (AvgIpc) is 2.11. The molecule has 0 aromatic rings. The molecule has 1 heterocycles. The fourth-order valence-electron chi connectivity index (χ4n) is 2.57. The molecule has 0 bridgehead atoms. The molecule has 4 heteroatoms. The first-order valence-corrected chi connectivity index (χ1v) is 5.65. The van der Waals surface area contributed by atoms with Crippen LogP contribution in [-0.4, -0.2) is 34.0 Å². The van der Waals surface area contributed by atoms with Gasteiger partial charge in [0, 0.05) is 18.9 Å². The van der Waals surface area contributed by atoms with Gasteiger partial charge in [0.1, 0.15) is 5.78 Å². The maximum Gasteiger partial charge on any atom is 0.407 e. The third-order valence-electron chi connectivity index (χ3n) is 4.22. The van der Waals surface area contributed by atoms with Crippen LogP contribution in [0.25, 0.3) is 0 Å². The van der Waals surface area contributed by atoms with Crippen LogP contribution in [-0.2, 0) is 4.79 Å². The fraction of sp³-hybridized carbons (Fsp3) is 0.833. The van der Waals surface area contributed by atoms with Gasteiger partial charge in [0.25, 0.3) is 0 Å². The Balaban J connectivity index is 3.23. The zero-order valence-corrected chi connectivity index (χ0v) is 10.7. The topological polar surface area (TPSA) is 57.6 Å². The number of hydrogen-bond donors (Lipinski definition) is 1. The molecular weight excluding hydrogens is 206 g/mol. The van der Waals surface area contributed by atoms with Gasteiger partial charge in [-0.25, -0.2) is 4.79 Å². The molecule has 0 aliphatic carbocycles. The van der Waals surface area contributed by atoms with Crippen molar-refractivity contribution < 1.29 is 14.7 Å². The highest BCUT2D eigenvalue weighted by atomic mass is 16.4. The SMILES string of the molecule is CC1C(=O)CCN(C(=O)O)C1(C)C(C)(C)C. The third kappa shape index (κ3) is 1.70. The average molecular weight is 227 g/mol. The second-order valence-electron chi connectivity index (χ2n) is 5.77. The largest absolute Gasteiger partial charge is 0.465 e. The van der Waals surface area contributed by atoms with Crippen molar-refractivity contribution in [2.45, 2.75) is 46.6 Å². The second-order valence-corrected chi connectivity index (χ2v) is 5.77. The first kappa shape index (κ1) is 13.0. The Morgan fingerprint density at radius 1 is 1.50 bits per heavy atom. The first-order valence-electron chi connectivity index (χ1n) is 5.65. The Morgan fingerprint density at radius 2 is 2.00 bits per heavy atom. The van der Waals surface area contributed by atoms with Crippen molar-refractivity contribution in [3.63, 3.8) is 0 Å². The number of piperidine rings is 1. The summed E-state index contributed by atoms with van der Waals surface area (Å²) in [7, 11) is 0. The predicted molar refractivity (Wildman–Crippen MR) is 61.4 cm³/mol. The lowest BCUT2D eigenvalue weighted by atomic mass is 9.63. The Labute approximate surface area is 96.6 Å². The van der Waals surface area contributed by atoms with Gasteiger partial charge in [-0.3, -0.25) is 4.79 Å². The monoisotopic (exact) mass is 227 g/mol. The smallest absolute Gasteiger partial charge is 0.407 e. The summed E-state index contributed by atoms with van der Waals surface area (Å²) in [6, 6.07) is 0. The minimum atomic E-state index is -0.934. The molecule has 16 heavy (non-hydrogen) atoms. The number of Topliss-reactive ketones (excluding diaryl/α,β-unsaturated/α-hetero) is 1. The number of ketones is 1. The molecule has 0 spiro atoms. The lowest BCUT2D eigenvalue weighted by Crippen LogP contribution is -2.65. The van der Waals surface area contributed by atoms with Gasteiger partial charge in [0.15, 0.2) is 0 Å². The maximum atomic E-state index is 11.8. The number of nitrogens with zero attached hydrogens (tertiary/aromatic N) is 1. The van der Waals surface area contributed by atoms with E-state index in [2.05, 4.69) is 0 Å². The number of carbonyl (C=O) groups excluding carboxylic acids is 1. The summed E-state index contributed by atoms with van der Waals surface area (Å²) in [6.45, 7) is 9.98. The summed E-state index contributed by atoms with van der Waals surface area (Å²) < 4.78 is 0. The van der Waals surface area contributed by atoms with E-state index in [-0.39, 0.29) is 17.1 Å². The van der Waals surface area contributed by atoms with Crippen molar-refractivity contribution in [1.82, 2.24) is 4.90 Å². The van der Waals surface area contributed by atoms with E-state index in [1.807, 2.05) is 34.6 Å². The molecule has 1 rings (SSSR count). The summed E-state index contributed by atoms with van der Waals surface area (Å²) in [4.78, 5) is 24.5. The van der Waals surface area contributed by atoms with Crippen LogP contribution in [0.2, 0.25) is 0 Å². The Bertz CT molecular complexity index is 319. The summed E-state index contributed by atoms with van der Waals surface area (Å²) in [6.07, 6.45) is -0.601. The van der Waals surface area contributed by atoms with Crippen LogP contribution < -0.4 is 0 Å². The Hall–Kier alpha value is -1.06. The zero-order chi connectivity index (χ0) is 12.7. The Morgan fingerprint density at radius 3 is 2.38 bits per heavy atom. The molecule has 92 valence electrons. The van der Waals surface area contributed by atoms with Crippen molar-refractivity contribution in [2.75, 3.05) is 6.54 Å². The number of carbonyl (C=O) groups is 2. The highest BCUT2D eigenvalue weighted by molar-refractivity contribution is 5.85. The molecule has 1 N–H and O–H groups in total. The minimum Gasteiger partial charge on any atom is -0.465 e. The summed E-state index contributed by atoms with van der Waals surface area (Å²) in [5.74, 6) is -0.0905. The van der Waals surface area contributed by atoms with Crippen LogP contribution in [0.4, 0.5) is 4.79 Å². The number of likely N-dealkylation sites (tertiary alicyclic amines) is 1. The standard InChI is InChI=1S/C12H21NO3/c1-8-9(14)6-7-13(10(15)16)12(8,5)11(2,3)4/h8H,6-7H2,1-5H3,(H,15,16). The molecule has 1 fully saturated rings. The van der Waals surface area contributed by atoms with Crippen molar-refractivity contribution >= 4 is 11.9 Å². The first-order chi connectivity index (χ1) is 7.12. The normalized spacial score (nSPS) is 31.7. The van der Waals surface area contributed by atoms with Crippen LogP contribution in [0.3, 0.4) is 0 Å². The lowest BCUT2D eigenvalue weighted by molar-refractivity contribution is -0.137. The van der Waals surface area contributed by atoms with E-state index in [0.717, 1.165) is 0 Å². The summed E-state index contributed by atoms with van der Waals surface area (Å²) >= 11 is 0. The van der Waals surface area contributed by atoms with Crippen molar-refractivity contribution in [2.24, 2.45) is 11.3 Å². The van der Waals surface area contributed by atoms with Crippen LogP contribution in [0.5, 0.6) is 0 Å². The molecule has 1 amide bonds. The fourth-order valence-corrected chi connectivity index (χ4v) is 2.57. The summed E-state index contributed by atoms with van der Waals surface area (Å²) in [5, 5.41) is 9.26. The van der Waals surface area contributed by atoms with E-state index in [9.17, 15) is 14.7 Å². The van der Waals surface area contributed by atoms with E-state index in [4.69, 9.17) is 0 Å². The maximum absolute atomic E-state index is 11.8. The number of amides is 1. The van der Waals surface area contributed by atoms with Gasteiger partial charge in [-0.15, -0.1) is 0 Å². The number of rotatable bonds is 0. The van der Waals surface area contributed by atoms with E-state index in [1.54, 1.807) is 0 Å². The highest BCUT2D eigenvalue weighted by Crippen LogP contribution is 2.44. The zero-order valence-electron chi connectivity index (χ0n) is 10.7. The van der Waals surface area contributed by atoms with Crippen molar-refractivity contribution in [3.8, 4) is 0 Å². The number of hydrogen-bond acceptors (Lipinski definition) is 2. The molecule has 1 aliphatic heterocycles. The van der Waals surface area contributed by atoms with Gasteiger partial charge in [-0.2, -0.15) is 0 Å². The van der Waals surface area contributed by atoms with Crippen LogP contribution >= 0.6 is 0 Å². The molecule has 1 saturated heterocycles. The van der Waals surface area contributed by atoms with E-state index in [1.165, 1.54) is 4.90 Å². The van der Waals surface area contributed by atoms with Gasteiger partial charge >= 0.3 is 6.09 Å². The third-order valence-corrected chi connectivity index (χ3v) is 4.22. The van der Waals surface area contributed by atoms with Crippen molar-refractivity contribution in [3.05, 3.63) is 0 Å². The molecule has 2 atom stereocenters. The molecule has 2 unspecified atom stereocenters. The molecule has 0 aromatic heterocycles. The minimum absolute atomic E-state index is 0.162. The lowest BCUT2D eigenvalue weighted by Gasteiger charge is -2.54. The van der Waals surface area contributed by atoms with E-state index >= 15 is 0 Å². The molecular formula is C12H21NO3. The van der Waals surface area contributed by atoms with Gasteiger partial charge in [0.05, 0.1) is 5.54 Å². The molecule has 4 nitrogen and oxygen atoms in total. The van der Waals surface area contributed by atoms with Crippen molar-refractivity contribution in [1.29, 1.82) is 0 Å². The molecule has 0 aromatic carbocycles. The molecule has 0 radical (unpaired) electrons. The molecule has 1 aliphatic rings. The van der Waals surface area contributed by atoms with E-state index < -0.39 is 11.6 Å². The van der Waals surface area contributed by atoms with Crippen LogP contribution in [0.1, 0.15) is 41.0 Å².